The number of hydrogen-bond donors (Lipinski definition) is 0. The number of nitrogens with zero attached hydrogens (tertiary/aromatic N) is 2. The lowest BCUT2D eigenvalue weighted by atomic mass is 9.80. The predicted molar refractivity (Wildman–Crippen MR) is 159 cm³/mol. The second-order valence-electron chi connectivity index (χ2n) is 12.5. The van der Waals surface area contributed by atoms with Crippen molar-refractivity contribution in [3.05, 3.63) is 53.6 Å². The monoisotopic (exact) mass is 582 g/mol. The van der Waals surface area contributed by atoms with Gasteiger partial charge in [-0.1, -0.05) is 55.0 Å². The van der Waals surface area contributed by atoms with Gasteiger partial charge in [0.15, 0.2) is 5.54 Å². The van der Waals surface area contributed by atoms with Gasteiger partial charge in [0.1, 0.15) is 11.4 Å². The Kier molecular flexibility index (Phi) is 8.05. The summed E-state index contributed by atoms with van der Waals surface area (Å²) in [5, 5.41) is 2.38. The Morgan fingerprint density at radius 2 is 1.66 bits per heavy atom. The van der Waals surface area contributed by atoms with Gasteiger partial charge in [0.2, 0.25) is 0 Å². The summed E-state index contributed by atoms with van der Waals surface area (Å²) in [6, 6.07) is 13.0. The van der Waals surface area contributed by atoms with Crippen LogP contribution in [0.4, 0.5) is 10.5 Å². The Morgan fingerprint density at radius 1 is 1.02 bits per heavy atom. The Hall–Kier alpha value is -3.37. The van der Waals surface area contributed by atoms with Crippen molar-refractivity contribution in [3.8, 4) is 5.75 Å². The number of aryl methyl sites for hydroxylation is 1. The van der Waals surface area contributed by atoms with Crippen molar-refractivity contribution in [1.82, 2.24) is 4.90 Å². The Balaban J connectivity index is 2.04. The highest BCUT2D eigenvalue weighted by Gasteiger charge is 2.71. The van der Waals surface area contributed by atoms with Crippen LogP contribution in [-0.4, -0.2) is 63.9 Å². The van der Waals surface area contributed by atoms with E-state index in [0.717, 1.165) is 16.5 Å². The first kappa shape index (κ1) is 30.6. The molecule has 222 valence electrons. The maximum Gasteiger partial charge on any atom is 0.411 e. The van der Waals surface area contributed by atoms with Crippen molar-refractivity contribution in [3.63, 3.8) is 0 Å². The van der Waals surface area contributed by atoms with E-state index in [9.17, 15) is 14.4 Å². The Morgan fingerprint density at radius 3 is 2.20 bits per heavy atom. The Bertz CT molecular complexity index is 1340. The lowest BCUT2D eigenvalue weighted by molar-refractivity contribution is -0.144. The molecule has 0 unspecified atom stereocenters. The molecule has 0 aliphatic carbocycles. The summed E-state index contributed by atoms with van der Waals surface area (Å²) in [6.45, 7) is 13.8. The van der Waals surface area contributed by atoms with Gasteiger partial charge in [-0.05, 0) is 57.4 Å². The number of carbonyl (C=O) groups excluding carboxylic acids is 3. The summed E-state index contributed by atoms with van der Waals surface area (Å²) in [5.41, 5.74) is -0.359. The molecule has 4 rings (SSSR count). The van der Waals surface area contributed by atoms with Crippen LogP contribution in [0.15, 0.2) is 42.5 Å². The number of amides is 2. The first-order chi connectivity index (χ1) is 19.1. The summed E-state index contributed by atoms with van der Waals surface area (Å²) in [7, 11) is 1.85. The van der Waals surface area contributed by atoms with Crippen molar-refractivity contribution in [2.75, 3.05) is 26.4 Å². The molecule has 2 aromatic carbocycles. The molecule has 0 aromatic heterocycles. The van der Waals surface area contributed by atoms with Crippen molar-refractivity contribution in [1.29, 1.82) is 0 Å². The van der Waals surface area contributed by atoms with Crippen LogP contribution in [0.25, 0.3) is 0 Å². The molecule has 9 nitrogen and oxygen atoms in total. The highest BCUT2D eigenvalue weighted by atomic mass is 28.3. The zero-order valence-electron chi connectivity index (χ0n) is 25.7. The third-order valence-electron chi connectivity index (χ3n) is 8.66. The highest BCUT2D eigenvalue weighted by molar-refractivity contribution is 6.91. The van der Waals surface area contributed by atoms with Gasteiger partial charge >= 0.3 is 12.1 Å². The molecule has 0 N–H and O–H groups in total. The number of carbonyl (C=O) groups is 3. The molecule has 0 radical (unpaired) electrons. The SMILES string of the molecule is COC(=O)C[C@H]1[C@H]([Si](C)(C)c2ccc(OC)cc2)[C@@H](C)[C@]2(C(=O)N(OC)c3ccc(C)cc32)N1C(=O)OC(C)(C)C. The van der Waals surface area contributed by atoms with Crippen LogP contribution in [0.3, 0.4) is 0 Å². The highest BCUT2D eigenvalue weighted by Crippen LogP contribution is 2.61. The van der Waals surface area contributed by atoms with Gasteiger partial charge in [-0.25, -0.2) is 4.79 Å². The van der Waals surface area contributed by atoms with E-state index in [1.807, 2.05) is 56.3 Å². The molecular weight excluding hydrogens is 540 g/mol. The van der Waals surface area contributed by atoms with E-state index in [2.05, 4.69) is 13.1 Å². The second-order valence-corrected chi connectivity index (χ2v) is 17.2. The van der Waals surface area contributed by atoms with E-state index in [-0.39, 0.29) is 17.9 Å². The van der Waals surface area contributed by atoms with Gasteiger partial charge in [0, 0.05) is 11.6 Å². The lowest BCUT2D eigenvalue weighted by Crippen LogP contribution is -2.57. The van der Waals surface area contributed by atoms with Crippen LogP contribution in [0.2, 0.25) is 18.6 Å². The molecule has 1 fully saturated rings. The number of esters is 1. The predicted octanol–water partition coefficient (Wildman–Crippen LogP) is 4.91. The molecule has 10 heteroatoms. The minimum absolute atomic E-state index is 0.0828. The summed E-state index contributed by atoms with van der Waals surface area (Å²) in [4.78, 5) is 49.1. The molecule has 4 atom stereocenters. The van der Waals surface area contributed by atoms with Gasteiger partial charge in [0.05, 0.1) is 41.5 Å². The fourth-order valence-corrected chi connectivity index (χ4v) is 11.1. The zero-order valence-corrected chi connectivity index (χ0v) is 26.7. The van der Waals surface area contributed by atoms with Gasteiger partial charge in [-0.2, -0.15) is 5.06 Å². The van der Waals surface area contributed by atoms with Crippen molar-refractivity contribution in [2.45, 2.75) is 76.9 Å². The van der Waals surface area contributed by atoms with Crippen LogP contribution in [-0.2, 0) is 29.4 Å². The van der Waals surface area contributed by atoms with Crippen LogP contribution < -0.4 is 15.0 Å². The third kappa shape index (κ3) is 4.90. The first-order valence-electron chi connectivity index (χ1n) is 13.9. The van der Waals surface area contributed by atoms with E-state index in [4.69, 9.17) is 19.0 Å². The van der Waals surface area contributed by atoms with Gasteiger partial charge in [0.25, 0.3) is 5.91 Å². The standard InChI is InChI=1S/C31H42N2O7Si/c1-19-11-16-24-23(17-19)31(28(35)33(24)39-8)20(2)27(41(9,10)22-14-12-21(37-6)13-15-22)25(18-26(34)38-7)32(31)29(36)40-30(3,4)5/h11-17,20,25,27H,18H2,1-10H3/t20-,25+,27-,31+/m1/s1. The second kappa shape index (κ2) is 10.8. The zero-order chi connectivity index (χ0) is 30.5. The lowest BCUT2D eigenvalue weighted by Gasteiger charge is -2.39. The van der Waals surface area contributed by atoms with Crippen molar-refractivity contribution >= 4 is 36.9 Å². The number of hydrogen-bond acceptors (Lipinski definition) is 7. The van der Waals surface area contributed by atoms with E-state index in [1.165, 1.54) is 19.3 Å². The first-order valence-corrected chi connectivity index (χ1v) is 17.0. The topological polar surface area (TPSA) is 94.6 Å². The average Bonchev–Trinajstić information content (AvgIpc) is 3.31. The normalized spacial score (nSPS) is 24.0. The number of methoxy groups -OCH3 is 2. The van der Waals surface area contributed by atoms with E-state index in [1.54, 1.807) is 32.8 Å². The molecule has 2 heterocycles. The van der Waals surface area contributed by atoms with Gasteiger partial charge in [-0.3, -0.25) is 19.3 Å². The summed E-state index contributed by atoms with van der Waals surface area (Å²) in [5.74, 6) is -0.504. The van der Waals surface area contributed by atoms with Crippen LogP contribution in [0.5, 0.6) is 5.75 Å². The molecule has 1 saturated heterocycles. The maximum absolute atomic E-state index is 14.6. The molecule has 2 aromatic rings. The summed E-state index contributed by atoms with van der Waals surface area (Å²) in [6.07, 6.45) is -0.737. The number of benzene rings is 2. The average molecular weight is 583 g/mol. The van der Waals surface area contributed by atoms with Crippen LogP contribution in [0, 0.1) is 12.8 Å². The van der Waals surface area contributed by atoms with E-state index in [0.29, 0.717) is 11.3 Å². The molecule has 1 spiro atoms. The van der Waals surface area contributed by atoms with Crippen LogP contribution in [0.1, 0.15) is 45.2 Å². The third-order valence-corrected chi connectivity index (χ3v) is 13.0. The number of hydroxylamine groups is 1. The molecule has 0 bridgehead atoms. The van der Waals surface area contributed by atoms with Gasteiger partial charge in [-0.15, -0.1) is 0 Å². The molecular formula is C31H42N2O7Si. The maximum atomic E-state index is 14.6. The van der Waals surface area contributed by atoms with Crippen molar-refractivity contribution < 1.29 is 33.4 Å². The number of rotatable bonds is 6. The summed E-state index contributed by atoms with van der Waals surface area (Å²) >= 11 is 0. The number of fused-ring (bicyclic) bond motifs is 2. The minimum Gasteiger partial charge on any atom is -0.497 e. The molecule has 41 heavy (non-hydrogen) atoms. The molecule has 0 saturated carbocycles. The molecule has 2 aliphatic rings. The van der Waals surface area contributed by atoms with E-state index >= 15 is 0 Å². The molecule has 2 aliphatic heterocycles. The Labute approximate surface area is 243 Å². The fourth-order valence-electron chi connectivity index (χ4n) is 6.98. The smallest absolute Gasteiger partial charge is 0.411 e. The number of ether oxygens (including phenoxy) is 3. The quantitative estimate of drug-likeness (QED) is 0.353. The number of anilines is 1. The number of likely N-dealkylation sites (tertiary alicyclic amines) is 1. The molecule has 2 amide bonds. The van der Waals surface area contributed by atoms with Gasteiger partial charge < -0.3 is 14.2 Å². The summed E-state index contributed by atoms with van der Waals surface area (Å²) < 4.78 is 16.5. The van der Waals surface area contributed by atoms with Crippen molar-refractivity contribution in [2.24, 2.45) is 5.92 Å². The fraction of sp³-hybridized carbons (Fsp3) is 0.516. The van der Waals surface area contributed by atoms with Crippen LogP contribution >= 0.6 is 0 Å². The van der Waals surface area contributed by atoms with E-state index < -0.39 is 43.2 Å². The minimum atomic E-state index is -2.55. The largest absolute Gasteiger partial charge is 0.497 e.